The predicted octanol–water partition coefficient (Wildman–Crippen LogP) is 1.64. The molecule has 3 rings (SSSR count). The van der Waals surface area contributed by atoms with Gasteiger partial charge in [0, 0.05) is 6.20 Å². The Balaban J connectivity index is 1.64. The van der Waals surface area contributed by atoms with Crippen LogP contribution in [0.25, 0.3) is 0 Å². The number of pyridine rings is 1. The number of carbonyl (C=O) groups excluding carboxylic acids is 1. The number of carbonyl (C=O) groups is 1. The maximum Gasteiger partial charge on any atom is 0.243 e. The second-order valence-corrected chi connectivity index (χ2v) is 5.07. The number of benzene rings is 1. The molecule has 0 aliphatic carbocycles. The summed E-state index contributed by atoms with van der Waals surface area (Å²) in [5.41, 5.74) is 7.72. The van der Waals surface area contributed by atoms with E-state index in [0.29, 0.717) is 17.9 Å². The van der Waals surface area contributed by atoms with Crippen molar-refractivity contribution >= 4 is 11.6 Å². The molecule has 1 aromatic heterocycles. The molecule has 1 fully saturated rings. The summed E-state index contributed by atoms with van der Waals surface area (Å²) in [5.74, 6) is 0.540. The summed E-state index contributed by atoms with van der Waals surface area (Å²) in [6, 6.07) is 12.8. The number of nitrogens with one attached hydrogen (secondary N) is 3. The number of aromatic nitrogens is 1. The Morgan fingerprint density at radius 3 is 2.82 bits per heavy atom. The van der Waals surface area contributed by atoms with Gasteiger partial charge in [0.25, 0.3) is 0 Å². The molecule has 0 radical (unpaired) electrons. The van der Waals surface area contributed by atoms with Crippen LogP contribution in [0.5, 0.6) is 5.75 Å². The number of amides is 1. The van der Waals surface area contributed by atoms with E-state index >= 15 is 0 Å². The van der Waals surface area contributed by atoms with Crippen LogP contribution in [0.1, 0.15) is 18.2 Å². The van der Waals surface area contributed by atoms with Crippen molar-refractivity contribution in [2.24, 2.45) is 0 Å². The van der Waals surface area contributed by atoms with E-state index in [-0.39, 0.29) is 18.0 Å². The molecule has 6 nitrogen and oxygen atoms in total. The number of hydrogen-bond donors (Lipinski definition) is 3. The SMILES string of the molecule is COc1ccccc1NC(=O)C1CC(c2ccccn2)NN1. The zero-order valence-corrected chi connectivity index (χ0v) is 12.2. The zero-order chi connectivity index (χ0) is 15.4. The molecule has 2 atom stereocenters. The molecule has 0 spiro atoms. The third-order valence-electron chi connectivity index (χ3n) is 3.63. The number of hydrogen-bond acceptors (Lipinski definition) is 5. The van der Waals surface area contributed by atoms with E-state index in [9.17, 15) is 4.79 Å². The number of rotatable bonds is 4. The van der Waals surface area contributed by atoms with E-state index in [1.807, 2.05) is 42.5 Å². The molecule has 1 aliphatic heterocycles. The minimum atomic E-state index is -0.322. The van der Waals surface area contributed by atoms with E-state index < -0.39 is 0 Å². The minimum absolute atomic E-state index is 0.0228. The number of anilines is 1. The first-order chi connectivity index (χ1) is 10.8. The Hall–Kier alpha value is -2.44. The van der Waals surface area contributed by atoms with Crippen LogP contribution in [-0.4, -0.2) is 24.0 Å². The molecule has 1 saturated heterocycles. The Kier molecular flexibility index (Phi) is 4.32. The van der Waals surface area contributed by atoms with Gasteiger partial charge in [0.1, 0.15) is 11.8 Å². The summed E-state index contributed by atoms with van der Waals surface area (Å²) in [6.07, 6.45) is 2.39. The van der Waals surface area contributed by atoms with Crippen LogP contribution in [0.15, 0.2) is 48.7 Å². The maximum absolute atomic E-state index is 12.4. The summed E-state index contributed by atoms with van der Waals surface area (Å²) in [6.45, 7) is 0. The molecule has 3 N–H and O–H groups in total. The first-order valence-corrected chi connectivity index (χ1v) is 7.14. The smallest absolute Gasteiger partial charge is 0.243 e. The van der Waals surface area contributed by atoms with E-state index in [0.717, 1.165) is 5.69 Å². The van der Waals surface area contributed by atoms with Crippen molar-refractivity contribution in [2.75, 3.05) is 12.4 Å². The van der Waals surface area contributed by atoms with Crippen molar-refractivity contribution in [3.8, 4) is 5.75 Å². The number of nitrogens with zero attached hydrogens (tertiary/aromatic N) is 1. The highest BCUT2D eigenvalue weighted by molar-refractivity contribution is 5.96. The molecule has 0 bridgehead atoms. The molecule has 6 heteroatoms. The molecule has 0 saturated carbocycles. The Morgan fingerprint density at radius 2 is 2.05 bits per heavy atom. The number of ether oxygens (including phenoxy) is 1. The topological polar surface area (TPSA) is 75.3 Å². The van der Waals surface area contributed by atoms with Gasteiger partial charge in [-0.05, 0) is 30.7 Å². The molecule has 1 aliphatic rings. The van der Waals surface area contributed by atoms with Crippen molar-refractivity contribution in [1.82, 2.24) is 15.8 Å². The average Bonchev–Trinajstić information content (AvgIpc) is 3.06. The average molecular weight is 298 g/mol. The highest BCUT2D eigenvalue weighted by Gasteiger charge is 2.31. The summed E-state index contributed by atoms with van der Waals surface area (Å²) >= 11 is 0. The number of para-hydroxylation sites is 2. The van der Waals surface area contributed by atoms with E-state index in [1.54, 1.807) is 13.3 Å². The van der Waals surface area contributed by atoms with Gasteiger partial charge in [-0.1, -0.05) is 18.2 Å². The summed E-state index contributed by atoms with van der Waals surface area (Å²) < 4.78 is 5.24. The number of hydrazine groups is 1. The molecule has 114 valence electrons. The van der Waals surface area contributed by atoms with Gasteiger partial charge in [-0.2, -0.15) is 0 Å². The van der Waals surface area contributed by atoms with Crippen molar-refractivity contribution in [3.05, 3.63) is 54.4 Å². The predicted molar refractivity (Wildman–Crippen MR) is 83.3 cm³/mol. The lowest BCUT2D eigenvalue weighted by Crippen LogP contribution is -2.39. The van der Waals surface area contributed by atoms with Gasteiger partial charge in [-0.15, -0.1) is 0 Å². The zero-order valence-electron chi connectivity index (χ0n) is 12.2. The first-order valence-electron chi connectivity index (χ1n) is 7.14. The number of methoxy groups -OCH3 is 1. The van der Waals surface area contributed by atoms with E-state index in [1.165, 1.54) is 0 Å². The largest absolute Gasteiger partial charge is 0.495 e. The highest BCUT2D eigenvalue weighted by atomic mass is 16.5. The Bertz CT molecular complexity index is 648. The van der Waals surface area contributed by atoms with Crippen LogP contribution in [0, 0.1) is 0 Å². The van der Waals surface area contributed by atoms with Gasteiger partial charge >= 0.3 is 0 Å². The minimum Gasteiger partial charge on any atom is -0.495 e. The summed E-state index contributed by atoms with van der Waals surface area (Å²) in [5, 5.41) is 2.89. The van der Waals surface area contributed by atoms with Crippen LogP contribution < -0.4 is 20.9 Å². The third kappa shape index (κ3) is 3.08. The fourth-order valence-electron chi connectivity index (χ4n) is 2.47. The van der Waals surface area contributed by atoms with E-state index in [2.05, 4.69) is 21.2 Å². The first kappa shape index (κ1) is 14.5. The van der Waals surface area contributed by atoms with Crippen LogP contribution in [0.2, 0.25) is 0 Å². The van der Waals surface area contributed by atoms with Crippen LogP contribution in [0.4, 0.5) is 5.69 Å². The van der Waals surface area contributed by atoms with Gasteiger partial charge in [0.05, 0.1) is 24.5 Å². The van der Waals surface area contributed by atoms with Gasteiger partial charge in [-0.25, -0.2) is 10.9 Å². The van der Waals surface area contributed by atoms with Gasteiger partial charge in [0.15, 0.2) is 0 Å². The lowest BCUT2D eigenvalue weighted by atomic mass is 10.1. The van der Waals surface area contributed by atoms with Crippen LogP contribution in [-0.2, 0) is 4.79 Å². The normalized spacial score (nSPS) is 20.6. The quantitative estimate of drug-likeness (QED) is 0.800. The lowest BCUT2D eigenvalue weighted by molar-refractivity contribution is -0.117. The van der Waals surface area contributed by atoms with Crippen LogP contribution >= 0.6 is 0 Å². The van der Waals surface area contributed by atoms with Gasteiger partial charge in [-0.3, -0.25) is 9.78 Å². The molecule has 2 aromatic rings. The summed E-state index contributed by atoms with van der Waals surface area (Å²) in [4.78, 5) is 16.7. The molecule has 1 amide bonds. The van der Waals surface area contributed by atoms with Crippen LogP contribution in [0.3, 0.4) is 0 Å². The molecule has 1 aromatic carbocycles. The second kappa shape index (κ2) is 6.55. The van der Waals surface area contributed by atoms with Gasteiger partial charge in [0.2, 0.25) is 5.91 Å². The van der Waals surface area contributed by atoms with Crippen molar-refractivity contribution < 1.29 is 9.53 Å². The second-order valence-electron chi connectivity index (χ2n) is 5.07. The standard InChI is InChI=1S/C16H18N4O2/c1-22-15-8-3-2-7-12(15)18-16(21)14-10-13(19-20-14)11-6-4-5-9-17-11/h2-9,13-14,19-20H,10H2,1H3,(H,18,21). The Labute approximate surface area is 128 Å². The Morgan fingerprint density at radius 1 is 1.23 bits per heavy atom. The maximum atomic E-state index is 12.4. The highest BCUT2D eigenvalue weighted by Crippen LogP contribution is 2.25. The van der Waals surface area contributed by atoms with Crippen molar-refractivity contribution in [3.63, 3.8) is 0 Å². The fourth-order valence-corrected chi connectivity index (χ4v) is 2.47. The van der Waals surface area contributed by atoms with E-state index in [4.69, 9.17) is 4.74 Å². The summed E-state index contributed by atoms with van der Waals surface area (Å²) in [7, 11) is 1.58. The van der Waals surface area contributed by atoms with Gasteiger partial charge < -0.3 is 10.1 Å². The molecule has 2 unspecified atom stereocenters. The molecule has 22 heavy (non-hydrogen) atoms. The monoisotopic (exact) mass is 298 g/mol. The molecular formula is C16H18N4O2. The van der Waals surface area contributed by atoms with Crippen molar-refractivity contribution in [1.29, 1.82) is 0 Å². The third-order valence-corrected chi connectivity index (χ3v) is 3.63. The fraction of sp³-hybridized carbons (Fsp3) is 0.250. The molecular weight excluding hydrogens is 280 g/mol. The lowest BCUT2D eigenvalue weighted by Gasteiger charge is -2.13. The molecule has 2 heterocycles. The van der Waals surface area contributed by atoms with Crippen molar-refractivity contribution in [2.45, 2.75) is 18.5 Å².